The van der Waals surface area contributed by atoms with E-state index in [0.717, 1.165) is 47.2 Å². The molecule has 1 N–H and O–H groups in total. The van der Waals surface area contributed by atoms with Crippen LogP contribution < -0.4 is 10.1 Å². The minimum Gasteiger partial charge on any atom is -0.467 e. The number of pyridine rings is 1. The van der Waals surface area contributed by atoms with E-state index in [9.17, 15) is 18.0 Å². The normalized spacial score (nSPS) is 14.9. The van der Waals surface area contributed by atoms with E-state index >= 15 is 0 Å². The van der Waals surface area contributed by atoms with Crippen molar-refractivity contribution in [3.63, 3.8) is 0 Å². The van der Waals surface area contributed by atoms with Crippen molar-refractivity contribution in [2.24, 2.45) is 5.92 Å². The lowest BCUT2D eigenvalue weighted by Crippen LogP contribution is -2.45. The molecule has 9 nitrogen and oxygen atoms in total. The van der Waals surface area contributed by atoms with Crippen LogP contribution in [0.15, 0.2) is 78.0 Å². The molecule has 0 radical (unpaired) electrons. The predicted molar refractivity (Wildman–Crippen MR) is 154 cm³/mol. The first-order valence-corrected chi connectivity index (χ1v) is 15.1. The van der Waals surface area contributed by atoms with Gasteiger partial charge in [-0.05, 0) is 61.7 Å². The first-order valence-electron chi connectivity index (χ1n) is 13.7. The van der Waals surface area contributed by atoms with E-state index in [1.54, 1.807) is 48.5 Å². The molecule has 1 aliphatic carbocycles. The maximum atomic E-state index is 13.3. The fourth-order valence-corrected chi connectivity index (χ4v) is 6.44. The SMILES string of the molecule is COC(=O)C(Cc1ccc(Oc2ccnc3c2ccn3S(=O)(=O)c2ccc(C)cc2)cc1)NC(=O)C1CCCCC1. The van der Waals surface area contributed by atoms with Crippen LogP contribution in [-0.4, -0.2) is 42.4 Å². The Bertz CT molecular complexity index is 1640. The van der Waals surface area contributed by atoms with Gasteiger partial charge in [0.2, 0.25) is 5.91 Å². The van der Waals surface area contributed by atoms with E-state index in [-0.39, 0.29) is 28.8 Å². The Balaban J connectivity index is 1.31. The number of hydrogen-bond donors (Lipinski definition) is 1. The summed E-state index contributed by atoms with van der Waals surface area (Å²) in [6.07, 6.45) is 8.14. The Labute approximate surface area is 239 Å². The number of ether oxygens (including phenoxy) is 2. The fraction of sp³-hybridized carbons (Fsp3) is 0.323. The average Bonchev–Trinajstić information content (AvgIpc) is 3.44. The molecule has 2 heterocycles. The van der Waals surface area contributed by atoms with E-state index in [1.165, 1.54) is 19.5 Å². The topological polar surface area (TPSA) is 117 Å². The summed E-state index contributed by atoms with van der Waals surface area (Å²) in [5.41, 5.74) is 2.05. The van der Waals surface area contributed by atoms with Gasteiger partial charge < -0.3 is 14.8 Å². The van der Waals surface area contributed by atoms with Gasteiger partial charge in [0.05, 0.1) is 17.4 Å². The van der Waals surface area contributed by atoms with Gasteiger partial charge in [-0.25, -0.2) is 22.2 Å². The van der Waals surface area contributed by atoms with E-state index < -0.39 is 22.0 Å². The van der Waals surface area contributed by atoms with Crippen LogP contribution in [0.25, 0.3) is 11.0 Å². The molecule has 10 heteroatoms. The predicted octanol–water partition coefficient (Wildman–Crippen LogP) is 5.15. The number of nitrogens with one attached hydrogen (secondary N) is 1. The molecule has 41 heavy (non-hydrogen) atoms. The third-order valence-corrected chi connectivity index (χ3v) is 9.14. The molecular weight excluding hydrogens is 542 g/mol. The number of carbonyl (C=O) groups is 2. The first-order chi connectivity index (χ1) is 19.8. The molecule has 1 atom stereocenters. The largest absolute Gasteiger partial charge is 0.467 e. The quantitative estimate of drug-likeness (QED) is 0.274. The van der Waals surface area contributed by atoms with Crippen LogP contribution in [0.1, 0.15) is 43.2 Å². The fourth-order valence-electron chi connectivity index (χ4n) is 5.14. The molecular formula is C31H33N3O6S. The van der Waals surface area contributed by atoms with Gasteiger partial charge in [0, 0.05) is 24.7 Å². The zero-order valence-electron chi connectivity index (χ0n) is 23.1. The van der Waals surface area contributed by atoms with Crippen molar-refractivity contribution < 1.29 is 27.5 Å². The maximum Gasteiger partial charge on any atom is 0.328 e. The summed E-state index contributed by atoms with van der Waals surface area (Å²) in [7, 11) is -2.53. The Hall–Kier alpha value is -4.18. The molecule has 0 saturated heterocycles. The average molecular weight is 576 g/mol. The Morgan fingerprint density at radius 1 is 1.00 bits per heavy atom. The molecule has 4 aromatic rings. The molecule has 1 amide bonds. The van der Waals surface area contributed by atoms with Crippen molar-refractivity contribution in [1.82, 2.24) is 14.3 Å². The Kier molecular flexibility index (Phi) is 8.39. The van der Waals surface area contributed by atoms with Gasteiger partial charge in [-0.15, -0.1) is 0 Å². The third-order valence-electron chi connectivity index (χ3n) is 7.46. The number of rotatable bonds is 9. The van der Waals surface area contributed by atoms with Crippen LogP contribution in [-0.2, 0) is 30.8 Å². The molecule has 1 unspecified atom stereocenters. The van der Waals surface area contributed by atoms with Crippen molar-refractivity contribution in [2.75, 3.05) is 7.11 Å². The molecule has 0 aliphatic heterocycles. The summed E-state index contributed by atoms with van der Waals surface area (Å²) in [5, 5.41) is 3.43. The van der Waals surface area contributed by atoms with Gasteiger partial charge in [0.25, 0.3) is 10.0 Å². The summed E-state index contributed by atoms with van der Waals surface area (Å²) in [5.74, 6) is 0.325. The number of carbonyl (C=O) groups excluding carboxylic acids is 2. The van der Waals surface area contributed by atoms with Gasteiger partial charge in [-0.2, -0.15) is 0 Å². The summed E-state index contributed by atoms with van der Waals surface area (Å²) >= 11 is 0. The van der Waals surface area contributed by atoms with Crippen LogP contribution in [0.4, 0.5) is 0 Å². The number of aryl methyl sites for hydroxylation is 1. The third kappa shape index (κ3) is 6.27. The van der Waals surface area contributed by atoms with Gasteiger partial charge in [0.1, 0.15) is 17.5 Å². The van der Waals surface area contributed by atoms with Crippen molar-refractivity contribution in [2.45, 2.75) is 56.4 Å². The lowest BCUT2D eigenvalue weighted by atomic mass is 9.88. The second-order valence-corrected chi connectivity index (χ2v) is 12.2. The first kappa shape index (κ1) is 28.4. The summed E-state index contributed by atoms with van der Waals surface area (Å²) in [6, 6.07) is 16.4. The van der Waals surface area contributed by atoms with Gasteiger partial charge >= 0.3 is 5.97 Å². The standard InChI is InChI=1S/C31H33N3O6S/c1-21-8-14-25(15-9-21)41(37,38)34-19-17-26-28(16-18-32-29(26)34)40-24-12-10-22(11-13-24)20-27(31(36)39-2)33-30(35)23-6-4-3-5-7-23/h8-19,23,27H,3-7,20H2,1-2H3,(H,33,35). The van der Waals surface area contributed by atoms with Crippen LogP contribution in [0.5, 0.6) is 11.5 Å². The number of amides is 1. The Morgan fingerprint density at radius 3 is 2.39 bits per heavy atom. The van der Waals surface area contributed by atoms with Crippen LogP contribution in [0, 0.1) is 12.8 Å². The number of hydrogen-bond acceptors (Lipinski definition) is 7. The minimum atomic E-state index is -3.84. The van der Waals surface area contributed by atoms with Crippen molar-refractivity contribution in [3.05, 3.63) is 84.2 Å². The zero-order valence-corrected chi connectivity index (χ0v) is 23.9. The molecule has 5 rings (SSSR count). The van der Waals surface area contributed by atoms with Crippen LogP contribution in [0.3, 0.4) is 0 Å². The number of aromatic nitrogens is 2. The van der Waals surface area contributed by atoms with Crippen molar-refractivity contribution >= 4 is 32.9 Å². The monoisotopic (exact) mass is 575 g/mol. The molecule has 1 fully saturated rings. The highest BCUT2D eigenvalue weighted by atomic mass is 32.2. The maximum absolute atomic E-state index is 13.3. The number of benzene rings is 2. The summed E-state index contributed by atoms with van der Waals surface area (Å²) in [6.45, 7) is 1.90. The summed E-state index contributed by atoms with van der Waals surface area (Å²) < 4.78 is 38.7. The van der Waals surface area contributed by atoms with Crippen LogP contribution >= 0.6 is 0 Å². The molecule has 1 saturated carbocycles. The number of nitrogens with zero attached hydrogens (tertiary/aromatic N) is 2. The minimum absolute atomic E-state index is 0.0642. The highest BCUT2D eigenvalue weighted by Crippen LogP contribution is 2.31. The highest BCUT2D eigenvalue weighted by Gasteiger charge is 2.27. The lowest BCUT2D eigenvalue weighted by molar-refractivity contribution is -0.145. The van der Waals surface area contributed by atoms with Gasteiger partial charge in [-0.3, -0.25) is 4.79 Å². The van der Waals surface area contributed by atoms with Crippen molar-refractivity contribution in [3.8, 4) is 11.5 Å². The molecule has 0 spiro atoms. The molecule has 0 bridgehead atoms. The molecule has 1 aliphatic rings. The van der Waals surface area contributed by atoms with Gasteiger partial charge in [0.15, 0.2) is 5.65 Å². The number of fused-ring (bicyclic) bond motifs is 1. The molecule has 214 valence electrons. The van der Waals surface area contributed by atoms with Crippen molar-refractivity contribution in [1.29, 1.82) is 0 Å². The second-order valence-electron chi connectivity index (χ2n) is 10.3. The van der Waals surface area contributed by atoms with E-state index in [4.69, 9.17) is 9.47 Å². The molecule has 2 aromatic heterocycles. The Morgan fingerprint density at radius 2 is 1.71 bits per heavy atom. The highest BCUT2D eigenvalue weighted by molar-refractivity contribution is 7.90. The molecule has 2 aromatic carbocycles. The van der Waals surface area contributed by atoms with Crippen LogP contribution in [0.2, 0.25) is 0 Å². The van der Waals surface area contributed by atoms with E-state index in [1.807, 2.05) is 19.1 Å². The zero-order chi connectivity index (χ0) is 29.0. The number of esters is 1. The smallest absolute Gasteiger partial charge is 0.328 e. The second kappa shape index (κ2) is 12.1. The summed E-state index contributed by atoms with van der Waals surface area (Å²) in [4.78, 5) is 29.7. The van der Waals surface area contributed by atoms with E-state index in [2.05, 4.69) is 10.3 Å². The number of methoxy groups -OCH3 is 1. The van der Waals surface area contributed by atoms with E-state index in [0.29, 0.717) is 16.9 Å². The van der Waals surface area contributed by atoms with Gasteiger partial charge in [-0.1, -0.05) is 49.1 Å². The lowest BCUT2D eigenvalue weighted by Gasteiger charge is -2.24.